The molecule has 1 aliphatic rings. The Morgan fingerprint density at radius 3 is 2.26 bits per heavy atom. The van der Waals surface area contributed by atoms with E-state index in [9.17, 15) is 19.5 Å². The van der Waals surface area contributed by atoms with Gasteiger partial charge in [0.1, 0.15) is 5.41 Å². The average Bonchev–Trinajstić information content (AvgIpc) is 3.15. The van der Waals surface area contributed by atoms with Gasteiger partial charge in [-0.15, -0.1) is 0 Å². The largest absolute Gasteiger partial charge is 0.480 e. The number of carbonyl (C=O) groups is 3. The quantitative estimate of drug-likeness (QED) is 0.469. The van der Waals surface area contributed by atoms with E-state index >= 15 is 0 Å². The van der Waals surface area contributed by atoms with E-state index in [1.165, 1.54) is 0 Å². The third kappa shape index (κ3) is 2.37. The molecular formula is C19H18N4O4. The van der Waals surface area contributed by atoms with E-state index in [1.807, 2.05) is 0 Å². The van der Waals surface area contributed by atoms with E-state index in [2.05, 4.69) is 10.3 Å². The van der Waals surface area contributed by atoms with Crippen LogP contribution in [-0.4, -0.2) is 29.2 Å². The first-order valence-corrected chi connectivity index (χ1v) is 8.09. The van der Waals surface area contributed by atoms with Crippen molar-refractivity contribution in [2.45, 2.75) is 17.8 Å². The standard InChI is InChI=1S/C19H18N4O4/c1-18(11-6-2-4-8-13(11)20)15(23-17(21)27)19(18,16(25)26)12-7-3-5-9-14(12)22-10-24/h2-10H,20H2,1H3,(H2,21,27)(H,22,24)(H,25,26). The normalized spacial score (nSPS) is 25.0. The van der Waals surface area contributed by atoms with Crippen molar-refractivity contribution in [2.75, 3.05) is 11.1 Å². The summed E-state index contributed by atoms with van der Waals surface area (Å²) < 4.78 is 0. The lowest BCUT2D eigenvalue weighted by molar-refractivity contribution is -0.140. The van der Waals surface area contributed by atoms with Gasteiger partial charge in [0.2, 0.25) is 6.41 Å². The number of rotatable bonds is 5. The van der Waals surface area contributed by atoms with Crippen LogP contribution < -0.4 is 16.8 Å². The molecule has 8 heteroatoms. The third-order valence-corrected chi connectivity index (χ3v) is 5.10. The van der Waals surface area contributed by atoms with Crippen LogP contribution in [0.4, 0.5) is 16.2 Å². The number of hydrogen-bond donors (Lipinski definition) is 4. The molecule has 0 spiro atoms. The number of para-hydroxylation sites is 2. The van der Waals surface area contributed by atoms with Gasteiger partial charge in [0.15, 0.2) is 0 Å². The van der Waals surface area contributed by atoms with Crippen molar-refractivity contribution in [3.05, 3.63) is 59.7 Å². The lowest BCUT2D eigenvalue weighted by Gasteiger charge is -2.21. The predicted octanol–water partition coefficient (Wildman–Crippen LogP) is 1.65. The average molecular weight is 366 g/mol. The molecule has 0 radical (unpaired) electrons. The minimum absolute atomic E-state index is 0.0630. The van der Waals surface area contributed by atoms with Crippen molar-refractivity contribution in [1.82, 2.24) is 0 Å². The molecule has 1 fully saturated rings. The van der Waals surface area contributed by atoms with E-state index in [-0.39, 0.29) is 11.3 Å². The zero-order valence-electron chi connectivity index (χ0n) is 14.5. The summed E-state index contributed by atoms with van der Waals surface area (Å²) in [4.78, 5) is 38.9. The Labute approximate surface area is 154 Å². The Hall–Kier alpha value is -3.68. The van der Waals surface area contributed by atoms with E-state index in [0.717, 1.165) is 0 Å². The molecule has 0 aliphatic heterocycles. The predicted molar refractivity (Wildman–Crippen MR) is 101 cm³/mol. The first-order valence-electron chi connectivity index (χ1n) is 8.09. The van der Waals surface area contributed by atoms with Crippen LogP contribution in [-0.2, 0) is 20.4 Å². The topological polar surface area (TPSA) is 148 Å². The highest BCUT2D eigenvalue weighted by Gasteiger charge is 2.79. The second kappa shape index (κ2) is 6.24. The number of primary amides is 1. The van der Waals surface area contributed by atoms with Crippen LogP contribution >= 0.6 is 0 Å². The molecule has 3 rings (SSSR count). The van der Waals surface area contributed by atoms with Gasteiger partial charge in [-0.3, -0.25) is 9.59 Å². The molecule has 2 atom stereocenters. The monoisotopic (exact) mass is 366 g/mol. The lowest BCUT2D eigenvalue weighted by Crippen LogP contribution is -2.30. The van der Waals surface area contributed by atoms with Crippen LogP contribution in [0.15, 0.2) is 53.5 Å². The number of nitrogens with two attached hydrogens (primary N) is 2. The smallest absolute Gasteiger partial charge is 0.338 e. The second-order valence-electron chi connectivity index (χ2n) is 6.37. The molecule has 3 amide bonds. The highest BCUT2D eigenvalue weighted by atomic mass is 16.4. The second-order valence-corrected chi connectivity index (χ2v) is 6.37. The first-order chi connectivity index (χ1) is 12.8. The lowest BCUT2D eigenvalue weighted by atomic mass is 9.81. The Balaban J connectivity index is 2.38. The summed E-state index contributed by atoms with van der Waals surface area (Å²) in [5.41, 5.74) is 9.93. The third-order valence-electron chi connectivity index (χ3n) is 5.10. The van der Waals surface area contributed by atoms with Crippen molar-refractivity contribution in [1.29, 1.82) is 0 Å². The number of anilines is 2. The van der Waals surface area contributed by atoms with Crippen LogP contribution in [0.5, 0.6) is 0 Å². The molecule has 0 saturated heterocycles. The SMILES string of the molecule is CC1(c2ccccc2N)C(=NC(N)=O)C1(C(=O)O)c1ccccc1NC=O. The number of urea groups is 1. The first kappa shape index (κ1) is 18.1. The zero-order chi connectivity index (χ0) is 19.8. The number of aliphatic carboxylic acids is 1. The summed E-state index contributed by atoms with van der Waals surface area (Å²) in [6.07, 6.45) is 0.454. The molecule has 1 saturated carbocycles. The molecule has 138 valence electrons. The maximum Gasteiger partial charge on any atom is 0.338 e. The maximum absolute atomic E-state index is 12.5. The van der Waals surface area contributed by atoms with Crippen molar-refractivity contribution in [3.8, 4) is 0 Å². The van der Waals surface area contributed by atoms with Gasteiger partial charge in [-0.25, -0.2) is 9.79 Å². The molecule has 2 unspecified atom stereocenters. The Kier molecular flexibility index (Phi) is 4.19. The summed E-state index contributed by atoms with van der Waals surface area (Å²) in [6.45, 7) is 1.65. The Morgan fingerprint density at radius 1 is 1.11 bits per heavy atom. The molecule has 1 aliphatic carbocycles. The summed E-state index contributed by atoms with van der Waals surface area (Å²) in [6, 6.07) is 12.2. The molecule has 27 heavy (non-hydrogen) atoms. The summed E-state index contributed by atoms with van der Waals surface area (Å²) >= 11 is 0. The van der Waals surface area contributed by atoms with Crippen LogP contribution in [0.1, 0.15) is 18.1 Å². The fourth-order valence-corrected chi connectivity index (χ4v) is 3.93. The van der Waals surface area contributed by atoms with Gasteiger partial charge in [0.25, 0.3) is 0 Å². The van der Waals surface area contributed by atoms with E-state index in [4.69, 9.17) is 11.5 Å². The number of nitrogens with one attached hydrogen (secondary N) is 1. The number of aliphatic imine (C=N–C) groups is 1. The number of nitrogen functional groups attached to an aromatic ring is 1. The summed E-state index contributed by atoms with van der Waals surface area (Å²) in [7, 11) is 0. The van der Waals surface area contributed by atoms with E-state index < -0.39 is 22.8 Å². The fraction of sp³-hybridized carbons (Fsp3) is 0.158. The van der Waals surface area contributed by atoms with E-state index in [1.54, 1.807) is 55.5 Å². The highest BCUT2D eigenvalue weighted by molar-refractivity contribution is 6.36. The molecule has 8 nitrogen and oxygen atoms in total. The van der Waals surface area contributed by atoms with Crippen LogP contribution in [0.25, 0.3) is 0 Å². The molecule has 2 aromatic rings. The molecule has 0 heterocycles. The number of carbonyl (C=O) groups excluding carboxylic acids is 2. The van der Waals surface area contributed by atoms with Crippen molar-refractivity contribution < 1.29 is 19.5 Å². The van der Waals surface area contributed by atoms with Crippen LogP contribution in [0, 0.1) is 0 Å². The Bertz CT molecular complexity index is 987. The molecule has 0 aromatic heterocycles. The number of amides is 3. The number of carboxylic acids is 1. The van der Waals surface area contributed by atoms with Gasteiger partial charge >= 0.3 is 12.0 Å². The summed E-state index contributed by atoms with van der Waals surface area (Å²) in [5.74, 6) is -1.23. The van der Waals surface area contributed by atoms with Crippen molar-refractivity contribution in [2.24, 2.45) is 10.7 Å². The van der Waals surface area contributed by atoms with Gasteiger partial charge < -0.3 is 21.9 Å². The van der Waals surface area contributed by atoms with Gasteiger partial charge in [-0.2, -0.15) is 0 Å². The Morgan fingerprint density at radius 2 is 1.70 bits per heavy atom. The fourth-order valence-electron chi connectivity index (χ4n) is 3.93. The molecule has 0 bridgehead atoms. The number of benzene rings is 2. The minimum Gasteiger partial charge on any atom is -0.480 e. The molecule has 6 N–H and O–H groups in total. The van der Waals surface area contributed by atoms with Crippen molar-refractivity contribution >= 4 is 35.5 Å². The number of carboxylic acid groups (broad SMARTS) is 1. The summed E-state index contributed by atoms with van der Waals surface area (Å²) in [5, 5.41) is 12.7. The number of hydrogen-bond acceptors (Lipinski definition) is 4. The molecular weight excluding hydrogens is 348 g/mol. The highest BCUT2D eigenvalue weighted by Crippen LogP contribution is 2.64. The minimum atomic E-state index is -1.70. The zero-order valence-corrected chi connectivity index (χ0v) is 14.5. The molecule has 2 aromatic carbocycles. The van der Waals surface area contributed by atoms with Gasteiger partial charge in [0.05, 0.1) is 11.1 Å². The van der Waals surface area contributed by atoms with Gasteiger partial charge in [0, 0.05) is 11.4 Å². The van der Waals surface area contributed by atoms with E-state index in [0.29, 0.717) is 23.3 Å². The van der Waals surface area contributed by atoms with Crippen molar-refractivity contribution in [3.63, 3.8) is 0 Å². The van der Waals surface area contributed by atoms with Gasteiger partial charge in [-0.05, 0) is 30.2 Å². The maximum atomic E-state index is 12.5. The van der Waals surface area contributed by atoms with Crippen LogP contribution in [0.2, 0.25) is 0 Å². The van der Waals surface area contributed by atoms with Gasteiger partial charge in [-0.1, -0.05) is 36.4 Å². The number of nitrogens with zero attached hydrogens (tertiary/aromatic N) is 1. The van der Waals surface area contributed by atoms with Crippen LogP contribution in [0.3, 0.4) is 0 Å².